The monoisotopic (exact) mass is 292 g/mol. The van der Waals surface area contributed by atoms with Crippen LogP contribution in [0.2, 0.25) is 0 Å². The van der Waals surface area contributed by atoms with Gasteiger partial charge in [0.1, 0.15) is 0 Å². The zero-order valence-corrected chi connectivity index (χ0v) is 12.2. The first kappa shape index (κ1) is 12.2. The summed E-state index contributed by atoms with van der Waals surface area (Å²) in [5, 5.41) is 7.57. The third kappa shape index (κ3) is 2.32. The van der Waals surface area contributed by atoms with E-state index in [1.165, 1.54) is 10.1 Å². The van der Waals surface area contributed by atoms with Gasteiger partial charge in [-0.2, -0.15) is 0 Å². The quantitative estimate of drug-likeness (QED) is 0.598. The fourth-order valence-corrected chi connectivity index (χ4v) is 3.05. The average molecular weight is 292 g/mol. The van der Waals surface area contributed by atoms with Crippen molar-refractivity contribution < 1.29 is 0 Å². The van der Waals surface area contributed by atoms with Crippen LogP contribution in [0, 0.1) is 6.92 Å². The van der Waals surface area contributed by atoms with E-state index in [-0.39, 0.29) is 0 Å². The molecule has 3 heterocycles. The van der Waals surface area contributed by atoms with Crippen molar-refractivity contribution in [1.82, 2.24) is 15.0 Å². The lowest BCUT2D eigenvalue weighted by Gasteiger charge is -2.06. The summed E-state index contributed by atoms with van der Waals surface area (Å²) in [6.45, 7) is 1.96. The number of thiophene rings is 1. The average Bonchev–Trinajstić information content (AvgIpc) is 2.95. The van der Waals surface area contributed by atoms with E-state index in [1.54, 1.807) is 17.5 Å². The predicted molar refractivity (Wildman–Crippen MR) is 87.2 cm³/mol. The minimum Gasteiger partial charge on any atom is -0.324 e. The molecule has 4 nitrogen and oxygen atoms in total. The summed E-state index contributed by atoms with van der Waals surface area (Å²) in [7, 11) is 0. The minimum atomic E-state index is 0.586. The van der Waals surface area contributed by atoms with Crippen LogP contribution in [0.4, 0.5) is 11.6 Å². The highest BCUT2D eigenvalue weighted by atomic mass is 32.1. The number of hydrogen-bond acceptors (Lipinski definition) is 5. The molecule has 0 saturated heterocycles. The molecule has 0 aliphatic carbocycles. The molecule has 3 aromatic heterocycles. The number of nitrogens with one attached hydrogen (secondary N) is 1. The van der Waals surface area contributed by atoms with Gasteiger partial charge in [-0.3, -0.25) is 4.98 Å². The smallest absolute Gasteiger partial charge is 0.227 e. The van der Waals surface area contributed by atoms with Crippen molar-refractivity contribution in [2.45, 2.75) is 6.92 Å². The van der Waals surface area contributed by atoms with Crippen molar-refractivity contribution in [1.29, 1.82) is 0 Å². The molecular formula is C16H12N4S. The van der Waals surface area contributed by atoms with E-state index < -0.39 is 0 Å². The Morgan fingerprint density at radius 1 is 1.00 bits per heavy atom. The molecular weight excluding hydrogens is 280 g/mol. The fraction of sp³-hybridized carbons (Fsp3) is 0.0625. The van der Waals surface area contributed by atoms with E-state index in [0.29, 0.717) is 5.95 Å². The normalized spacial score (nSPS) is 11.1. The first-order chi connectivity index (χ1) is 10.3. The maximum Gasteiger partial charge on any atom is 0.227 e. The number of fused-ring (bicyclic) bond motifs is 2. The molecule has 0 bridgehead atoms. The van der Waals surface area contributed by atoms with Crippen molar-refractivity contribution in [3.8, 4) is 0 Å². The van der Waals surface area contributed by atoms with Gasteiger partial charge in [0.2, 0.25) is 5.95 Å². The molecule has 0 radical (unpaired) electrons. The molecule has 0 amide bonds. The molecule has 0 saturated carbocycles. The second-order valence-corrected chi connectivity index (χ2v) is 5.82. The van der Waals surface area contributed by atoms with Gasteiger partial charge in [-0.1, -0.05) is 0 Å². The lowest BCUT2D eigenvalue weighted by atomic mass is 10.2. The molecule has 1 N–H and O–H groups in total. The lowest BCUT2D eigenvalue weighted by Crippen LogP contribution is -1.97. The summed E-state index contributed by atoms with van der Waals surface area (Å²) in [6.07, 6.45) is 3.60. The Morgan fingerprint density at radius 3 is 2.90 bits per heavy atom. The number of rotatable bonds is 2. The second-order valence-electron chi connectivity index (χ2n) is 4.88. The Labute approximate surface area is 125 Å². The highest BCUT2D eigenvalue weighted by Crippen LogP contribution is 2.25. The van der Waals surface area contributed by atoms with Gasteiger partial charge >= 0.3 is 0 Å². The molecule has 0 aliphatic rings. The molecule has 4 aromatic rings. The molecule has 0 fully saturated rings. The highest BCUT2D eigenvalue weighted by Gasteiger charge is 2.03. The molecule has 0 aliphatic heterocycles. The van der Waals surface area contributed by atoms with E-state index in [0.717, 1.165) is 22.3 Å². The van der Waals surface area contributed by atoms with E-state index >= 15 is 0 Å². The maximum atomic E-state index is 4.50. The number of anilines is 2. The summed E-state index contributed by atoms with van der Waals surface area (Å²) in [6, 6.07) is 10.3. The SMILES string of the molecule is Cc1cc2cnc(Nc3ccc4sccc4c3)nc2cn1. The fourth-order valence-electron chi connectivity index (χ4n) is 2.28. The Morgan fingerprint density at radius 2 is 1.95 bits per heavy atom. The van der Waals surface area contributed by atoms with Gasteiger partial charge in [0.05, 0.1) is 11.7 Å². The standard InChI is InChI=1S/C16H12N4S/c1-10-6-12-8-18-16(20-14(12)9-17-10)19-13-2-3-15-11(7-13)4-5-21-15/h2-9H,1H3,(H,18,19,20). The summed E-state index contributed by atoms with van der Waals surface area (Å²) >= 11 is 1.74. The van der Waals surface area contributed by atoms with Gasteiger partial charge in [0.15, 0.2) is 0 Å². The van der Waals surface area contributed by atoms with Crippen LogP contribution >= 0.6 is 11.3 Å². The molecule has 0 spiro atoms. The van der Waals surface area contributed by atoms with Gasteiger partial charge in [-0.05, 0) is 48.0 Å². The first-order valence-corrected chi connectivity index (χ1v) is 7.50. The van der Waals surface area contributed by atoms with Crippen LogP contribution in [-0.2, 0) is 0 Å². The van der Waals surface area contributed by atoms with Crippen molar-refractivity contribution >= 4 is 44.0 Å². The van der Waals surface area contributed by atoms with E-state index in [1.807, 2.05) is 25.3 Å². The number of hydrogen-bond donors (Lipinski definition) is 1. The molecule has 5 heteroatoms. The van der Waals surface area contributed by atoms with Crippen LogP contribution in [0.5, 0.6) is 0 Å². The van der Waals surface area contributed by atoms with Gasteiger partial charge in [-0.15, -0.1) is 11.3 Å². The van der Waals surface area contributed by atoms with Crippen LogP contribution in [0.1, 0.15) is 5.69 Å². The molecule has 102 valence electrons. The molecule has 21 heavy (non-hydrogen) atoms. The van der Waals surface area contributed by atoms with Crippen LogP contribution in [0.3, 0.4) is 0 Å². The number of aromatic nitrogens is 3. The van der Waals surface area contributed by atoms with Crippen LogP contribution in [0.15, 0.2) is 48.1 Å². The van der Waals surface area contributed by atoms with Crippen LogP contribution in [-0.4, -0.2) is 15.0 Å². The molecule has 4 rings (SSSR count). The van der Waals surface area contributed by atoms with E-state index in [4.69, 9.17) is 0 Å². The van der Waals surface area contributed by atoms with Gasteiger partial charge < -0.3 is 5.32 Å². The number of nitrogens with zero attached hydrogens (tertiary/aromatic N) is 3. The summed E-state index contributed by atoms with van der Waals surface area (Å²) in [4.78, 5) is 13.1. The van der Waals surface area contributed by atoms with Crippen molar-refractivity contribution in [3.63, 3.8) is 0 Å². The van der Waals surface area contributed by atoms with Gasteiger partial charge in [0.25, 0.3) is 0 Å². The minimum absolute atomic E-state index is 0.586. The Kier molecular flexibility index (Phi) is 2.79. The van der Waals surface area contributed by atoms with Gasteiger partial charge in [0, 0.05) is 27.7 Å². The van der Waals surface area contributed by atoms with E-state index in [9.17, 15) is 0 Å². The third-order valence-corrected chi connectivity index (χ3v) is 4.21. The number of aryl methyl sites for hydroxylation is 1. The van der Waals surface area contributed by atoms with Crippen LogP contribution in [0.25, 0.3) is 21.0 Å². The Bertz CT molecular complexity index is 945. The third-order valence-electron chi connectivity index (χ3n) is 3.31. The lowest BCUT2D eigenvalue weighted by molar-refractivity contribution is 1.17. The molecule has 1 aromatic carbocycles. The van der Waals surface area contributed by atoms with Crippen molar-refractivity contribution in [2.24, 2.45) is 0 Å². The second kappa shape index (κ2) is 4.79. The maximum absolute atomic E-state index is 4.50. The van der Waals surface area contributed by atoms with E-state index in [2.05, 4.69) is 43.8 Å². The van der Waals surface area contributed by atoms with Crippen molar-refractivity contribution in [2.75, 3.05) is 5.32 Å². The predicted octanol–water partition coefficient (Wildman–Crippen LogP) is 4.29. The molecule has 0 atom stereocenters. The Balaban J connectivity index is 1.71. The number of pyridine rings is 1. The zero-order valence-electron chi connectivity index (χ0n) is 11.4. The summed E-state index contributed by atoms with van der Waals surface area (Å²) < 4.78 is 1.28. The summed E-state index contributed by atoms with van der Waals surface area (Å²) in [5.41, 5.74) is 2.80. The summed E-state index contributed by atoms with van der Waals surface area (Å²) in [5.74, 6) is 0.586. The highest BCUT2D eigenvalue weighted by molar-refractivity contribution is 7.17. The molecule has 0 unspecified atom stereocenters. The van der Waals surface area contributed by atoms with Crippen LogP contribution < -0.4 is 5.32 Å². The zero-order chi connectivity index (χ0) is 14.2. The first-order valence-electron chi connectivity index (χ1n) is 6.62. The topological polar surface area (TPSA) is 50.7 Å². The Hall–Kier alpha value is -2.53. The van der Waals surface area contributed by atoms with Crippen molar-refractivity contribution in [3.05, 3.63) is 53.8 Å². The van der Waals surface area contributed by atoms with Gasteiger partial charge in [-0.25, -0.2) is 9.97 Å². The largest absolute Gasteiger partial charge is 0.324 e. The number of benzene rings is 1.